The third-order valence-electron chi connectivity index (χ3n) is 4.59. The van der Waals surface area contributed by atoms with Gasteiger partial charge in [-0.1, -0.05) is 0 Å². The van der Waals surface area contributed by atoms with Gasteiger partial charge in [0, 0.05) is 41.6 Å². The molecule has 24 heavy (non-hydrogen) atoms. The molecule has 7 heteroatoms. The number of aryl methyl sites for hydroxylation is 1. The van der Waals surface area contributed by atoms with Gasteiger partial charge in [0.05, 0.1) is 6.04 Å². The topological polar surface area (TPSA) is 47.7 Å². The number of nitrogens with zero attached hydrogens (tertiary/aromatic N) is 4. The number of halogens is 1. The van der Waals surface area contributed by atoms with Crippen molar-refractivity contribution in [3.05, 3.63) is 36.4 Å². The zero-order chi connectivity index (χ0) is 16.3. The molecule has 5 rings (SSSR count). The van der Waals surface area contributed by atoms with E-state index >= 15 is 0 Å². The molecule has 0 amide bonds. The first-order chi connectivity index (χ1) is 11.7. The minimum absolute atomic E-state index is 0.281. The Labute approximate surface area is 141 Å². The summed E-state index contributed by atoms with van der Waals surface area (Å²) in [6, 6.07) is 6.10. The van der Waals surface area contributed by atoms with Gasteiger partial charge in [-0.3, -0.25) is 9.36 Å². The highest BCUT2D eigenvalue weighted by Crippen LogP contribution is 2.35. The molecule has 1 atom stereocenters. The number of rotatable bonds is 2. The fourth-order valence-electron chi connectivity index (χ4n) is 3.39. The molecule has 0 radical (unpaired) electrons. The molecule has 1 aliphatic heterocycles. The summed E-state index contributed by atoms with van der Waals surface area (Å²) in [5.74, 6) is -0.281. The van der Waals surface area contributed by atoms with Crippen molar-refractivity contribution in [2.24, 2.45) is 7.05 Å². The van der Waals surface area contributed by atoms with E-state index in [4.69, 9.17) is 5.10 Å². The van der Waals surface area contributed by atoms with Gasteiger partial charge in [0.2, 0.25) is 0 Å². The standard InChI is InChI=1S/C17H16FN5S/c1-22-8-11-4-10(5-14(18)16(11)20-22)15-6-12-9-23(21-17(12)24-15)13-2-3-19-7-13/h4-6,8-9,13,19H,2-3,7H2,1H3. The molecule has 1 saturated heterocycles. The van der Waals surface area contributed by atoms with Crippen LogP contribution in [-0.4, -0.2) is 32.7 Å². The Bertz CT molecular complexity index is 1020. The van der Waals surface area contributed by atoms with Gasteiger partial charge >= 0.3 is 0 Å². The number of aromatic nitrogens is 4. The largest absolute Gasteiger partial charge is 0.315 e. The summed E-state index contributed by atoms with van der Waals surface area (Å²) in [6.07, 6.45) is 5.06. The maximum atomic E-state index is 14.3. The molecule has 0 aliphatic carbocycles. The van der Waals surface area contributed by atoms with Crippen molar-refractivity contribution in [2.75, 3.05) is 13.1 Å². The third-order valence-corrected chi connectivity index (χ3v) is 5.67. The van der Waals surface area contributed by atoms with Gasteiger partial charge in [0.15, 0.2) is 5.82 Å². The maximum absolute atomic E-state index is 14.3. The summed E-state index contributed by atoms with van der Waals surface area (Å²) in [5.41, 5.74) is 1.30. The van der Waals surface area contributed by atoms with Crippen LogP contribution in [0.4, 0.5) is 4.39 Å². The second-order valence-electron chi connectivity index (χ2n) is 6.33. The van der Waals surface area contributed by atoms with Gasteiger partial charge in [-0.05, 0) is 36.7 Å². The molecule has 5 nitrogen and oxygen atoms in total. The molecule has 3 aromatic heterocycles. The first-order valence-electron chi connectivity index (χ1n) is 8.00. The summed E-state index contributed by atoms with van der Waals surface area (Å²) in [5, 5.41) is 14.2. The molecule has 1 aromatic carbocycles. The molecular formula is C17H16FN5S. The van der Waals surface area contributed by atoms with Gasteiger partial charge in [0.25, 0.3) is 0 Å². The SMILES string of the molecule is Cn1cc2cc(-c3cc4cn(C5CCNC5)nc4s3)cc(F)c2n1. The lowest BCUT2D eigenvalue weighted by Gasteiger charge is -2.07. The summed E-state index contributed by atoms with van der Waals surface area (Å²) in [7, 11) is 1.80. The molecule has 0 spiro atoms. The second kappa shape index (κ2) is 5.12. The normalized spacial score (nSPS) is 18.2. The third kappa shape index (κ3) is 2.16. The minimum Gasteiger partial charge on any atom is -0.315 e. The minimum atomic E-state index is -0.281. The predicted molar refractivity (Wildman–Crippen MR) is 93.8 cm³/mol. The monoisotopic (exact) mass is 341 g/mol. The first-order valence-corrected chi connectivity index (χ1v) is 8.82. The summed E-state index contributed by atoms with van der Waals surface area (Å²) >= 11 is 1.61. The van der Waals surface area contributed by atoms with Crippen molar-refractivity contribution >= 4 is 32.5 Å². The molecule has 122 valence electrons. The van der Waals surface area contributed by atoms with Crippen LogP contribution in [0.2, 0.25) is 0 Å². The highest BCUT2D eigenvalue weighted by Gasteiger charge is 2.19. The van der Waals surface area contributed by atoms with Crippen molar-refractivity contribution in [2.45, 2.75) is 12.5 Å². The van der Waals surface area contributed by atoms with Gasteiger partial charge in [-0.2, -0.15) is 10.2 Å². The van der Waals surface area contributed by atoms with Crippen LogP contribution in [0.5, 0.6) is 0 Å². The highest BCUT2D eigenvalue weighted by atomic mass is 32.1. The summed E-state index contributed by atoms with van der Waals surface area (Å²) in [4.78, 5) is 2.04. The average Bonchev–Trinajstić information content (AvgIpc) is 3.28. The molecule has 4 heterocycles. The van der Waals surface area contributed by atoms with Crippen LogP contribution >= 0.6 is 11.3 Å². The molecule has 0 saturated carbocycles. The number of nitrogens with one attached hydrogen (secondary N) is 1. The Balaban J connectivity index is 1.57. The molecule has 1 N–H and O–H groups in total. The Hall–Kier alpha value is -2.25. The zero-order valence-corrected chi connectivity index (χ0v) is 14.0. The van der Waals surface area contributed by atoms with Crippen LogP contribution in [0, 0.1) is 5.82 Å². The lowest BCUT2D eigenvalue weighted by Crippen LogP contribution is -2.13. The highest BCUT2D eigenvalue weighted by molar-refractivity contribution is 7.21. The van der Waals surface area contributed by atoms with Crippen LogP contribution in [-0.2, 0) is 7.05 Å². The van der Waals surface area contributed by atoms with E-state index in [9.17, 15) is 4.39 Å². The Morgan fingerprint density at radius 1 is 1.21 bits per heavy atom. The molecule has 1 aliphatic rings. The van der Waals surface area contributed by atoms with Gasteiger partial charge in [-0.25, -0.2) is 4.39 Å². The van der Waals surface area contributed by atoms with Gasteiger partial charge in [0.1, 0.15) is 10.3 Å². The van der Waals surface area contributed by atoms with E-state index in [0.29, 0.717) is 11.6 Å². The molecule has 4 aromatic rings. The number of hydrogen-bond donors (Lipinski definition) is 1. The van der Waals surface area contributed by atoms with Crippen molar-refractivity contribution in [1.82, 2.24) is 24.9 Å². The maximum Gasteiger partial charge on any atom is 0.151 e. The second-order valence-corrected chi connectivity index (χ2v) is 7.36. The fourth-order valence-corrected chi connectivity index (χ4v) is 4.39. The van der Waals surface area contributed by atoms with Crippen molar-refractivity contribution in [1.29, 1.82) is 0 Å². The number of fused-ring (bicyclic) bond motifs is 2. The fraction of sp³-hybridized carbons (Fsp3) is 0.294. The molecule has 0 bridgehead atoms. The van der Waals surface area contributed by atoms with Crippen LogP contribution in [0.25, 0.3) is 31.6 Å². The lowest BCUT2D eigenvalue weighted by molar-refractivity contribution is 0.495. The number of thiophene rings is 1. The van der Waals surface area contributed by atoms with Crippen LogP contribution < -0.4 is 5.32 Å². The Kier molecular flexibility index (Phi) is 3.01. The van der Waals surface area contributed by atoms with Crippen molar-refractivity contribution in [3.8, 4) is 10.4 Å². The first kappa shape index (κ1) is 14.1. The molecule has 1 unspecified atom stereocenters. The average molecular weight is 341 g/mol. The van der Waals surface area contributed by atoms with Gasteiger partial charge < -0.3 is 5.32 Å². The summed E-state index contributed by atoms with van der Waals surface area (Å²) < 4.78 is 18.0. The van der Waals surface area contributed by atoms with E-state index in [1.807, 2.05) is 12.3 Å². The van der Waals surface area contributed by atoms with E-state index in [0.717, 1.165) is 45.6 Å². The zero-order valence-electron chi connectivity index (χ0n) is 13.2. The molecule has 1 fully saturated rings. The van der Waals surface area contributed by atoms with Crippen molar-refractivity contribution in [3.63, 3.8) is 0 Å². The Morgan fingerprint density at radius 3 is 2.92 bits per heavy atom. The lowest BCUT2D eigenvalue weighted by atomic mass is 10.1. The van der Waals surface area contributed by atoms with Crippen LogP contribution in [0.1, 0.15) is 12.5 Å². The predicted octanol–water partition coefficient (Wildman–Crippen LogP) is 3.33. The summed E-state index contributed by atoms with van der Waals surface area (Å²) in [6.45, 7) is 2.03. The van der Waals surface area contributed by atoms with E-state index in [-0.39, 0.29) is 5.82 Å². The van der Waals surface area contributed by atoms with Crippen molar-refractivity contribution < 1.29 is 4.39 Å². The smallest absolute Gasteiger partial charge is 0.151 e. The number of benzene rings is 1. The quantitative estimate of drug-likeness (QED) is 0.608. The van der Waals surface area contributed by atoms with Crippen LogP contribution in [0.3, 0.4) is 0 Å². The van der Waals surface area contributed by atoms with Crippen LogP contribution in [0.15, 0.2) is 30.6 Å². The molecular weight excluding hydrogens is 325 g/mol. The van der Waals surface area contributed by atoms with E-state index in [2.05, 4.69) is 27.4 Å². The van der Waals surface area contributed by atoms with E-state index in [1.54, 1.807) is 29.1 Å². The number of hydrogen-bond acceptors (Lipinski definition) is 4. The van der Waals surface area contributed by atoms with E-state index in [1.165, 1.54) is 0 Å². The van der Waals surface area contributed by atoms with E-state index < -0.39 is 0 Å². The Morgan fingerprint density at radius 2 is 2.12 bits per heavy atom. The van der Waals surface area contributed by atoms with Gasteiger partial charge in [-0.15, -0.1) is 11.3 Å².